The van der Waals surface area contributed by atoms with Crippen molar-refractivity contribution in [3.8, 4) is 55.6 Å². The monoisotopic (exact) mass is 486 g/mol. The summed E-state index contributed by atoms with van der Waals surface area (Å²) >= 11 is 0. The fourth-order valence-corrected chi connectivity index (χ4v) is 5.49. The van der Waals surface area contributed by atoms with E-state index in [1.54, 1.807) is 0 Å². The highest BCUT2D eigenvalue weighted by Crippen LogP contribution is 2.49. The summed E-state index contributed by atoms with van der Waals surface area (Å²) in [7, 11) is 0. The Morgan fingerprint density at radius 3 is 0.711 bits per heavy atom. The fourth-order valence-electron chi connectivity index (χ4n) is 5.49. The molecule has 0 nitrogen and oxygen atoms in total. The first kappa shape index (κ1) is 23.7. The van der Waals surface area contributed by atoms with Crippen LogP contribution in [0.25, 0.3) is 55.6 Å². The Bertz CT molecular complexity index is 1430. The van der Waals surface area contributed by atoms with Crippen molar-refractivity contribution >= 4 is 0 Å². The molecule has 6 rings (SSSR count). The van der Waals surface area contributed by atoms with Gasteiger partial charge in [-0.25, -0.2) is 0 Å². The number of rotatable bonds is 5. The van der Waals surface area contributed by atoms with Gasteiger partial charge in [0.25, 0.3) is 0 Å². The predicted octanol–water partition coefficient (Wildman–Crippen LogP) is 10.6. The van der Waals surface area contributed by atoms with Gasteiger partial charge in [-0.1, -0.05) is 146 Å². The lowest BCUT2D eigenvalue weighted by atomic mass is 9.79. The van der Waals surface area contributed by atoms with Crippen LogP contribution in [0.4, 0.5) is 0 Å². The molecule has 0 spiro atoms. The molecule has 0 heteroatoms. The Labute approximate surface area is 225 Å². The van der Waals surface area contributed by atoms with E-state index in [1.807, 2.05) is 0 Å². The highest BCUT2D eigenvalue weighted by molar-refractivity contribution is 6.05. The molecule has 0 atom stereocenters. The molecule has 38 heavy (non-hydrogen) atoms. The van der Waals surface area contributed by atoms with Gasteiger partial charge in [0.15, 0.2) is 0 Å². The molecule has 0 N–H and O–H groups in total. The zero-order chi connectivity index (χ0) is 25.9. The zero-order valence-corrected chi connectivity index (χ0v) is 21.9. The minimum atomic E-state index is 1.22. The summed E-state index contributed by atoms with van der Waals surface area (Å²) < 4.78 is 0. The maximum atomic E-state index is 2.35. The van der Waals surface area contributed by atoms with Gasteiger partial charge in [0.1, 0.15) is 0 Å². The van der Waals surface area contributed by atoms with Crippen LogP contribution in [0.3, 0.4) is 0 Å². The number of hydrogen-bond acceptors (Lipinski definition) is 0. The highest BCUT2D eigenvalue weighted by atomic mass is 14.3. The maximum absolute atomic E-state index is 2.35. The van der Waals surface area contributed by atoms with Crippen LogP contribution in [0.5, 0.6) is 0 Å². The minimum absolute atomic E-state index is 1.22. The van der Waals surface area contributed by atoms with Crippen LogP contribution >= 0.6 is 0 Å². The molecule has 0 aliphatic carbocycles. The van der Waals surface area contributed by atoms with E-state index in [0.717, 1.165) is 0 Å². The van der Waals surface area contributed by atoms with Gasteiger partial charge in [-0.05, 0) is 80.6 Å². The van der Waals surface area contributed by atoms with E-state index in [4.69, 9.17) is 0 Å². The third kappa shape index (κ3) is 4.58. The quantitative estimate of drug-likeness (QED) is 0.227. The molecule has 0 bridgehead atoms. The molecule has 0 unspecified atom stereocenters. The Hall–Kier alpha value is -4.68. The lowest BCUT2D eigenvalue weighted by Gasteiger charge is -2.24. The van der Waals surface area contributed by atoms with Crippen molar-refractivity contribution in [3.63, 3.8) is 0 Å². The molecule has 182 valence electrons. The van der Waals surface area contributed by atoms with E-state index in [1.165, 1.54) is 66.8 Å². The van der Waals surface area contributed by atoms with E-state index in [-0.39, 0.29) is 0 Å². The lowest BCUT2D eigenvalue weighted by Crippen LogP contribution is -1.98. The molecule has 0 saturated heterocycles. The van der Waals surface area contributed by atoms with E-state index in [9.17, 15) is 0 Å². The Morgan fingerprint density at radius 1 is 0.289 bits per heavy atom. The number of aryl methyl sites for hydroxylation is 2. The fraction of sp³-hybridized carbons (Fsp3) is 0.0526. The molecule has 0 heterocycles. The van der Waals surface area contributed by atoms with Gasteiger partial charge in [-0.3, -0.25) is 0 Å². The normalized spacial score (nSPS) is 10.9. The first-order valence-electron chi connectivity index (χ1n) is 13.2. The van der Waals surface area contributed by atoms with Crippen molar-refractivity contribution in [2.75, 3.05) is 0 Å². The molecule has 6 aromatic rings. The third-order valence-corrected chi connectivity index (χ3v) is 7.15. The van der Waals surface area contributed by atoms with Crippen LogP contribution < -0.4 is 0 Å². The molecule has 0 fully saturated rings. The van der Waals surface area contributed by atoms with Crippen LogP contribution in [-0.2, 0) is 0 Å². The molecule has 6 aromatic carbocycles. The van der Waals surface area contributed by atoms with E-state index in [2.05, 4.69) is 159 Å². The smallest absolute Gasteiger partial charge is 0.00141 e. The Balaban J connectivity index is 1.81. The minimum Gasteiger partial charge on any atom is -0.0622 e. The molecule has 0 amide bonds. The summed E-state index contributed by atoms with van der Waals surface area (Å²) in [5, 5.41) is 0. The van der Waals surface area contributed by atoms with E-state index < -0.39 is 0 Å². The first-order valence-corrected chi connectivity index (χ1v) is 13.2. The van der Waals surface area contributed by atoms with Gasteiger partial charge in [0.05, 0.1) is 0 Å². The highest BCUT2D eigenvalue weighted by Gasteiger charge is 2.22. The van der Waals surface area contributed by atoms with Gasteiger partial charge in [-0.15, -0.1) is 0 Å². The third-order valence-electron chi connectivity index (χ3n) is 7.15. The molecule has 0 radical (unpaired) electrons. The summed E-state index contributed by atoms with van der Waals surface area (Å²) in [4.78, 5) is 0. The average Bonchev–Trinajstić information content (AvgIpc) is 2.98. The van der Waals surface area contributed by atoms with Gasteiger partial charge in [-0.2, -0.15) is 0 Å². The van der Waals surface area contributed by atoms with Crippen molar-refractivity contribution in [1.82, 2.24) is 0 Å². The summed E-state index contributed by atoms with van der Waals surface area (Å²) in [5.74, 6) is 0. The summed E-state index contributed by atoms with van der Waals surface area (Å²) in [6.45, 7) is 4.40. The van der Waals surface area contributed by atoms with Gasteiger partial charge >= 0.3 is 0 Å². The molecular weight excluding hydrogens is 456 g/mol. The van der Waals surface area contributed by atoms with Crippen LogP contribution in [0, 0.1) is 13.8 Å². The van der Waals surface area contributed by atoms with Gasteiger partial charge in [0, 0.05) is 0 Å². The van der Waals surface area contributed by atoms with Gasteiger partial charge < -0.3 is 0 Å². The standard InChI is InChI=1S/C38H30/c1-27-23-33(29-15-7-3-8-16-29)37(34(24-27)30-17-9-4-10-18-30)38-35(31-19-11-5-12-20-31)25-28(2)26-36(38)32-21-13-6-14-22-32/h3-26H,1-2H3. The van der Waals surface area contributed by atoms with Crippen LogP contribution in [0.15, 0.2) is 146 Å². The average molecular weight is 487 g/mol. The predicted molar refractivity (Wildman–Crippen MR) is 163 cm³/mol. The molecule has 0 aromatic heterocycles. The second-order valence-corrected chi connectivity index (χ2v) is 9.93. The second-order valence-electron chi connectivity index (χ2n) is 9.93. The zero-order valence-electron chi connectivity index (χ0n) is 21.9. The summed E-state index contributed by atoms with van der Waals surface area (Å²) in [5.41, 5.74) is 14.9. The van der Waals surface area contributed by atoms with Crippen LogP contribution in [0.1, 0.15) is 11.1 Å². The maximum Gasteiger partial charge on any atom is -0.00141 e. The van der Waals surface area contributed by atoms with Crippen LogP contribution in [-0.4, -0.2) is 0 Å². The number of benzene rings is 6. The number of hydrogen-bond donors (Lipinski definition) is 0. The lowest BCUT2D eigenvalue weighted by molar-refractivity contribution is 1.43. The topological polar surface area (TPSA) is 0 Å². The Kier molecular flexibility index (Phi) is 6.46. The van der Waals surface area contributed by atoms with Crippen molar-refractivity contribution in [3.05, 3.63) is 157 Å². The summed E-state index contributed by atoms with van der Waals surface area (Å²) in [6.07, 6.45) is 0. The van der Waals surface area contributed by atoms with Crippen molar-refractivity contribution in [2.45, 2.75) is 13.8 Å². The second kappa shape index (κ2) is 10.4. The van der Waals surface area contributed by atoms with Crippen molar-refractivity contribution in [2.24, 2.45) is 0 Å². The molecular formula is C38H30. The summed E-state index contributed by atoms with van der Waals surface area (Å²) in [6, 6.07) is 52.6. The largest absolute Gasteiger partial charge is 0.0622 e. The van der Waals surface area contributed by atoms with Crippen molar-refractivity contribution < 1.29 is 0 Å². The first-order chi connectivity index (χ1) is 18.7. The van der Waals surface area contributed by atoms with Crippen LogP contribution in [0.2, 0.25) is 0 Å². The Morgan fingerprint density at radius 2 is 0.500 bits per heavy atom. The molecule has 0 saturated carbocycles. The molecule has 0 aliphatic rings. The van der Waals surface area contributed by atoms with Crippen molar-refractivity contribution in [1.29, 1.82) is 0 Å². The van der Waals surface area contributed by atoms with E-state index in [0.29, 0.717) is 0 Å². The SMILES string of the molecule is Cc1cc(-c2ccccc2)c(-c2c(-c3ccccc3)cc(C)cc2-c2ccccc2)c(-c2ccccc2)c1. The van der Waals surface area contributed by atoms with E-state index >= 15 is 0 Å². The molecule has 0 aliphatic heterocycles. The van der Waals surface area contributed by atoms with Gasteiger partial charge in [0.2, 0.25) is 0 Å².